The van der Waals surface area contributed by atoms with Gasteiger partial charge < -0.3 is 5.11 Å². The summed E-state index contributed by atoms with van der Waals surface area (Å²) in [5.41, 5.74) is 2.88. The number of hydrogen-bond acceptors (Lipinski definition) is 2. The Hall–Kier alpha value is -2.01. The fraction of sp³-hybridized carbons (Fsp3) is 0.560. The smallest absolute Gasteiger partial charge is 0.0991 e. The van der Waals surface area contributed by atoms with E-state index in [0.29, 0.717) is 17.2 Å². The molecule has 0 aromatic heterocycles. The molecule has 2 nitrogen and oxygen atoms in total. The van der Waals surface area contributed by atoms with E-state index in [0.717, 1.165) is 6.42 Å². The molecule has 148 valence electrons. The molecular weight excluding hydrogens is 330 g/mol. The molecule has 1 aromatic rings. The second kappa shape index (κ2) is 8.34. The highest BCUT2D eigenvalue weighted by Gasteiger charge is 2.53. The van der Waals surface area contributed by atoms with Gasteiger partial charge in [-0.2, -0.15) is 5.26 Å². The highest BCUT2D eigenvalue weighted by Crippen LogP contribution is 2.59. The summed E-state index contributed by atoms with van der Waals surface area (Å²) in [6.07, 6.45) is 4.87. The Labute approximate surface area is 166 Å². The molecule has 0 fully saturated rings. The van der Waals surface area contributed by atoms with Crippen molar-refractivity contribution in [3.05, 3.63) is 58.9 Å². The molecule has 1 rings (SSSR count). The molecule has 0 saturated carbocycles. The van der Waals surface area contributed by atoms with Gasteiger partial charge in [-0.1, -0.05) is 72.2 Å². The third-order valence-electron chi connectivity index (χ3n) is 6.43. The summed E-state index contributed by atoms with van der Waals surface area (Å²) < 4.78 is 0. The Kier molecular flexibility index (Phi) is 7.11. The maximum atomic E-state index is 9.68. The molecule has 2 unspecified atom stereocenters. The minimum atomic E-state index is -0.162. The highest BCUT2D eigenvalue weighted by molar-refractivity contribution is 5.40. The Morgan fingerprint density at radius 2 is 1.56 bits per heavy atom. The van der Waals surface area contributed by atoms with Crippen molar-refractivity contribution >= 4 is 0 Å². The van der Waals surface area contributed by atoms with E-state index < -0.39 is 0 Å². The van der Waals surface area contributed by atoms with Gasteiger partial charge in [0.15, 0.2) is 0 Å². The molecule has 0 heterocycles. The maximum absolute atomic E-state index is 9.68. The maximum Gasteiger partial charge on any atom is 0.0991 e. The number of rotatable bonds is 6. The van der Waals surface area contributed by atoms with Crippen LogP contribution in [0.2, 0.25) is 0 Å². The molecule has 0 saturated heterocycles. The van der Waals surface area contributed by atoms with Crippen LogP contribution in [0.15, 0.2) is 47.7 Å². The minimum Gasteiger partial charge on any atom is -0.513 e. The van der Waals surface area contributed by atoms with Crippen LogP contribution in [-0.4, -0.2) is 5.11 Å². The molecule has 0 radical (unpaired) electrons. The molecule has 27 heavy (non-hydrogen) atoms. The first kappa shape index (κ1) is 23.0. The third kappa shape index (κ3) is 4.64. The van der Waals surface area contributed by atoms with Crippen molar-refractivity contribution in [2.24, 2.45) is 16.7 Å². The van der Waals surface area contributed by atoms with E-state index in [4.69, 9.17) is 0 Å². The van der Waals surface area contributed by atoms with E-state index in [9.17, 15) is 10.4 Å². The zero-order chi connectivity index (χ0) is 21.0. The molecule has 1 aromatic carbocycles. The van der Waals surface area contributed by atoms with Crippen molar-refractivity contribution in [1.29, 1.82) is 5.26 Å². The fourth-order valence-electron chi connectivity index (χ4n) is 4.61. The van der Waals surface area contributed by atoms with Crippen LogP contribution in [0.4, 0.5) is 0 Å². The molecular formula is C25H37NO. The van der Waals surface area contributed by atoms with Gasteiger partial charge in [0.25, 0.3) is 0 Å². The Bertz CT molecular complexity index is 736. The van der Waals surface area contributed by atoms with E-state index in [1.165, 1.54) is 11.1 Å². The SMILES string of the molecule is C/C(O)=C\C=C(/C)C(C)(C(C)(C)C)C(C)(CC(C)C)c1ccc(C#N)cc1. The topological polar surface area (TPSA) is 44.0 Å². The summed E-state index contributed by atoms with van der Waals surface area (Å²) in [6.45, 7) is 20.0. The van der Waals surface area contributed by atoms with Gasteiger partial charge in [-0.3, -0.25) is 0 Å². The second-order valence-electron chi connectivity index (χ2n) is 9.65. The molecule has 0 spiro atoms. The summed E-state index contributed by atoms with van der Waals surface area (Å²) in [5.74, 6) is 0.838. The average Bonchev–Trinajstić information content (AvgIpc) is 2.57. The second-order valence-corrected chi connectivity index (χ2v) is 9.65. The van der Waals surface area contributed by atoms with Crippen LogP contribution in [0, 0.1) is 28.1 Å². The standard InChI is InChI=1S/C25H37NO/c1-18(2)16-24(8,22-14-12-21(17-26)13-15-22)25(9,23(5,6)7)19(3)10-11-20(4)27/h10-15,18,27H,16H2,1-9H3/b19-10+,20-11+. The summed E-state index contributed by atoms with van der Waals surface area (Å²) >= 11 is 0. The number of nitriles is 1. The van der Waals surface area contributed by atoms with E-state index in [-0.39, 0.29) is 16.2 Å². The lowest BCUT2D eigenvalue weighted by Gasteiger charge is -2.56. The van der Waals surface area contributed by atoms with Crippen LogP contribution in [0.25, 0.3) is 0 Å². The van der Waals surface area contributed by atoms with Gasteiger partial charge in [0.2, 0.25) is 0 Å². The van der Waals surface area contributed by atoms with Gasteiger partial charge in [0.05, 0.1) is 17.4 Å². The van der Waals surface area contributed by atoms with Gasteiger partial charge in [-0.05, 0) is 55.4 Å². The first-order valence-corrected chi connectivity index (χ1v) is 9.85. The lowest BCUT2D eigenvalue weighted by Crippen LogP contribution is -2.51. The molecule has 0 aliphatic carbocycles. The molecule has 0 aliphatic heterocycles. The Balaban J connectivity index is 3.78. The van der Waals surface area contributed by atoms with E-state index >= 15 is 0 Å². The third-order valence-corrected chi connectivity index (χ3v) is 6.43. The zero-order valence-electron chi connectivity index (χ0n) is 18.6. The van der Waals surface area contributed by atoms with E-state index in [2.05, 4.69) is 79.7 Å². The lowest BCUT2D eigenvalue weighted by atomic mass is 9.47. The normalized spacial score (nSPS) is 18.0. The van der Waals surface area contributed by atoms with Gasteiger partial charge in [-0.15, -0.1) is 0 Å². The number of allylic oxidation sites excluding steroid dienone is 4. The molecule has 0 bridgehead atoms. The van der Waals surface area contributed by atoms with Gasteiger partial charge >= 0.3 is 0 Å². The minimum absolute atomic E-state index is 0.0116. The van der Waals surface area contributed by atoms with Crippen LogP contribution in [0.5, 0.6) is 0 Å². The molecule has 0 aliphatic rings. The van der Waals surface area contributed by atoms with Crippen LogP contribution >= 0.6 is 0 Å². The average molecular weight is 368 g/mol. The van der Waals surface area contributed by atoms with Crippen LogP contribution in [-0.2, 0) is 5.41 Å². The first-order valence-electron chi connectivity index (χ1n) is 9.85. The number of benzene rings is 1. The lowest BCUT2D eigenvalue weighted by molar-refractivity contribution is 0.0402. The van der Waals surface area contributed by atoms with Crippen molar-refractivity contribution in [3.63, 3.8) is 0 Å². The van der Waals surface area contributed by atoms with Crippen LogP contribution < -0.4 is 0 Å². The zero-order valence-corrected chi connectivity index (χ0v) is 18.6. The predicted octanol–water partition coefficient (Wildman–Crippen LogP) is 7.32. The number of nitrogens with zero attached hydrogens (tertiary/aromatic N) is 1. The van der Waals surface area contributed by atoms with Gasteiger partial charge in [-0.25, -0.2) is 0 Å². The van der Waals surface area contributed by atoms with E-state index in [1.807, 2.05) is 12.1 Å². The highest BCUT2D eigenvalue weighted by atomic mass is 16.3. The fourth-order valence-corrected chi connectivity index (χ4v) is 4.61. The summed E-state index contributed by atoms with van der Waals surface area (Å²) in [6, 6.07) is 10.3. The van der Waals surface area contributed by atoms with Gasteiger partial charge in [0, 0.05) is 10.8 Å². The van der Waals surface area contributed by atoms with Crippen molar-refractivity contribution < 1.29 is 5.11 Å². The molecule has 2 heteroatoms. The molecule has 1 N–H and O–H groups in total. The first-order chi connectivity index (χ1) is 12.3. The number of aliphatic hydroxyl groups excluding tert-OH is 1. The Morgan fingerprint density at radius 1 is 1.04 bits per heavy atom. The van der Waals surface area contributed by atoms with Crippen molar-refractivity contribution in [2.45, 2.75) is 74.1 Å². The molecule has 0 amide bonds. The van der Waals surface area contributed by atoms with Crippen molar-refractivity contribution in [3.8, 4) is 6.07 Å². The monoisotopic (exact) mass is 367 g/mol. The molecule has 2 atom stereocenters. The number of aliphatic hydroxyl groups is 1. The summed E-state index contributed by atoms with van der Waals surface area (Å²) in [4.78, 5) is 0. The van der Waals surface area contributed by atoms with Crippen LogP contribution in [0.3, 0.4) is 0 Å². The van der Waals surface area contributed by atoms with Crippen molar-refractivity contribution in [2.75, 3.05) is 0 Å². The van der Waals surface area contributed by atoms with E-state index in [1.54, 1.807) is 13.0 Å². The van der Waals surface area contributed by atoms with Gasteiger partial charge in [0.1, 0.15) is 0 Å². The predicted molar refractivity (Wildman–Crippen MR) is 116 cm³/mol. The number of hydrogen-bond donors (Lipinski definition) is 1. The summed E-state index contributed by atoms with van der Waals surface area (Å²) in [7, 11) is 0. The quantitative estimate of drug-likeness (QED) is 0.423. The largest absolute Gasteiger partial charge is 0.513 e. The van der Waals surface area contributed by atoms with Crippen LogP contribution in [0.1, 0.15) is 79.9 Å². The van der Waals surface area contributed by atoms with Crippen molar-refractivity contribution in [1.82, 2.24) is 0 Å². The Morgan fingerprint density at radius 3 is 1.93 bits per heavy atom. The summed E-state index contributed by atoms with van der Waals surface area (Å²) in [5, 5.41) is 18.9.